The predicted octanol–water partition coefficient (Wildman–Crippen LogP) is 1.87. The Morgan fingerprint density at radius 3 is 2.75 bits per heavy atom. The first-order valence-corrected chi connectivity index (χ1v) is 5.35. The van der Waals surface area contributed by atoms with Gasteiger partial charge in [-0.3, -0.25) is 0 Å². The normalized spacial score (nSPS) is 10.6. The van der Waals surface area contributed by atoms with Crippen LogP contribution in [0.4, 0.5) is 8.78 Å². The fourth-order valence-corrected chi connectivity index (χ4v) is 1.82. The maximum Gasteiger partial charge on any atom is 0.339 e. The number of aromatic nitrogens is 1. The number of halogens is 3. The Labute approximate surface area is 104 Å². The van der Waals surface area contributed by atoms with Crippen molar-refractivity contribution in [2.45, 2.75) is 13.0 Å². The highest BCUT2D eigenvalue weighted by molar-refractivity contribution is 14.1. The molecular weight excluding hydrogens is 333 g/mol. The van der Waals surface area contributed by atoms with E-state index in [-0.39, 0.29) is 27.1 Å². The van der Waals surface area contributed by atoms with Crippen molar-refractivity contribution in [1.29, 1.82) is 0 Å². The van der Waals surface area contributed by atoms with Crippen molar-refractivity contribution in [2.24, 2.45) is 5.73 Å². The lowest BCUT2D eigenvalue weighted by Crippen LogP contribution is -2.13. The van der Waals surface area contributed by atoms with Gasteiger partial charge in [0, 0.05) is 6.54 Å². The Bertz CT molecular complexity index is 413. The highest BCUT2D eigenvalue weighted by Gasteiger charge is 2.20. The monoisotopic (exact) mass is 342 g/mol. The van der Waals surface area contributed by atoms with Crippen LogP contribution >= 0.6 is 22.6 Å². The summed E-state index contributed by atoms with van der Waals surface area (Å²) < 4.78 is 29.8. The number of rotatable bonds is 3. The van der Waals surface area contributed by atoms with Crippen LogP contribution in [0.5, 0.6) is 0 Å². The Kier molecular flexibility index (Phi) is 4.54. The van der Waals surface area contributed by atoms with Crippen molar-refractivity contribution in [3.8, 4) is 0 Å². The summed E-state index contributed by atoms with van der Waals surface area (Å²) in [6.45, 7) is -0.00997. The topological polar surface area (TPSA) is 65.2 Å². The zero-order valence-corrected chi connectivity index (χ0v) is 10.5. The van der Waals surface area contributed by atoms with Gasteiger partial charge in [0.2, 0.25) is 0 Å². The van der Waals surface area contributed by atoms with E-state index in [1.807, 2.05) is 0 Å². The molecule has 1 aromatic heterocycles. The van der Waals surface area contributed by atoms with E-state index in [0.717, 1.165) is 6.07 Å². The second-order valence-electron chi connectivity index (χ2n) is 2.86. The van der Waals surface area contributed by atoms with Gasteiger partial charge in [-0.15, -0.1) is 0 Å². The van der Waals surface area contributed by atoms with Gasteiger partial charge < -0.3 is 10.5 Å². The van der Waals surface area contributed by atoms with E-state index in [1.165, 1.54) is 7.11 Å². The third-order valence-electron chi connectivity index (χ3n) is 1.92. The van der Waals surface area contributed by atoms with E-state index < -0.39 is 12.4 Å². The van der Waals surface area contributed by atoms with Crippen LogP contribution in [0, 0.1) is 3.70 Å². The van der Waals surface area contributed by atoms with Crippen molar-refractivity contribution in [3.63, 3.8) is 0 Å². The summed E-state index contributed by atoms with van der Waals surface area (Å²) in [6, 6.07) is 1.08. The first-order chi connectivity index (χ1) is 7.51. The van der Waals surface area contributed by atoms with Gasteiger partial charge in [0.25, 0.3) is 6.43 Å². The highest BCUT2D eigenvalue weighted by Crippen LogP contribution is 2.25. The minimum atomic E-state index is -2.69. The lowest BCUT2D eigenvalue weighted by atomic mass is 10.1. The fraction of sp³-hybridized carbons (Fsp3) is 0.333. The molecule has 0 radical (unpaired) electrons. The summed E-state index contributed by atoms with van der Waals surface area (Å²) in [4.78, 5) is 15.2. The molecular formula is C9H9F2IN2O2. The van der Waals surface area contributed by atoms with E-state index in [4.69, 9.17) is 5.73 Å². The van der Waals surface area contributed by atoms with Crippen LogP contribution in [0.2, 0.25) is 0 Å². The van der Waals surface area contributed by atoms with Crippen LogP contribution in [-0.2, 0) is 11.3 Å². The molecule has 0 aromatic carbocycles. The third-order valence-corrected chi connectivity index (χ3v) is 2.78. The van der Waals surface area contributed by atoms with Crippen LogP contribution in [0.1, 0.15) is 28.0 Å². The Morgan fingerprint density at radius 1 is 1.69 bits per heavy atom. The second-order valence-corrected chi connectivity index (χ2v) is 3.88. The molecule has 0 atom stereocenters. The molecule has 0 aliphatic rings. The molecule has 0 aliphatic heterocycles. The Balaban J connectivity index is 3.34. The van der Waals surface area contributed by atoms with Crippen LogP contribution in [0.3, 0.4) is 0 Å². The highest BCUT2D eigenvalue weighted by atomic mass is 127. The Morgan fingerprint density at radius 2 is 2.31 bits per heavy atom. The zero-order chi connectivity index (χ0) is 12.3. The van der Waals surface area contributed by atoms with Gasteiger partial charge in [-0.1, -0.05) is 0 Å². The zero-order valence-electron chi connectivity index (χ0n) is 8.34. The van der Waals surface area contributed by atoms with E-state index in [1.54, 1.807) is 22.6 Å². The molecule has 0 saturated heterocycles. The number of hydrogen-bond donors (Lipinski definition) is 1. The number of esters is 1. The molecule has 2 N–H and O–H groups in total. The van der Waals surface area contributed by atoms with E-state index >= 15 is 0 Å². The number of alkyl halides is 2. The third kappa shape index (κ3) is 2.64. The molecule has 0 fully saturated rings. The molecule has 4 nitrogen and oxygen atoms in total. The van der Waals surface area contributed by atoms with Gasteiger partial charge in [0.05, 0.1) is 23.9 Å². The van der Waals surface area contributed by atoms with Gasteiger partial charge in [0.15, 0.2) is 0 Å². The number of carbonyl (C=O) groups excluding carboxylic acids is 1. The SMILES string of the molecule is COC(=O)c1cc(C(F)F)c(I)nc1CN. The maximum atomic E-state index is 12.6. The largest absolute Gasteiger partial charge is 0.465 e. The van der Waals surface area contributed by atoms with Crippen molar-refractivity contribution >= 4 is 28.6 Å². The number of carbonyl (C=O) groups is 1. The summed E-state index contributed by atoms with van der Waals surface area (Å²) >= 11 is 1.68. The summed E-state index contributed by atoms with van der Waals surface area (Å²) in [7, 11) is 1.17. The summed E-state index contributed by atoms with van der Waals surface area (Å²) in [5, 5.41) is 0. The molecule has 1 aromatic rings. The van der Waals surface area contributed by atoms with Crippen molar-refractivity contribution in [2.75, 3.05) is 7.11 Å². The second kappa shape index (κ2) is 5.48. The molecule has 0 saturated carbocycles. The lowest BCUT2D eigenvalue weighted by Gasteiger charge is -2.09. The molecule has 0 spiro atoms. The first-order valence-electron chi connectivity index (χ1n) is 4.27. The van der Waals surface area contributed by atoms with Crippen LogP contribution < -0.4 is 5.73 Å². The molecule has 0 bridgehead atoms. The van der Waals surface area contributed by atoms with Gasteiger partial charge >= 0.3 is 5.97 Å². The van der Waals surface area contributed by atoms with E-state index in [0.29, 0.717) is 0 Å². The van der Waals surface area contributed by atoms with E-state index in [9.17, 15) is 13.6 Å². The van der Waals surface area contributed by atoms with Crippen molar-refractivity contribution < 1.29 is 18.3 Å². The molecule has 16 heavy (non-hydrogen) atoms. The molecule has 0 unspecified atom stereocenters. The van der Waals surface area contributed by atoms with Crippen molar-refractivity contribution in [3.05, 3.63) is 26.6 Å². The van der Waals surface area contributed by atoms with Crippen LogP contribution in [0.25, 0.3) is 0 Å². The average molecular weight is 342 g/mol. The average Bonchev–Trinajstić information content (AvgIpc) is 2.27. The molecule has 0 aliphatic carbocycles. The minimum absolute atomic E-state index is 0.00997. The molecule has 0 amide bonds. The van der Waals surface area contributed by atoms with Gasteiger partial charge in [-0.05, 0) is 28.7 Å². The lowest BCUT2D eigenvalue weighted by molar-refractivity contribution is 0.0598. The van der Waals surface area contributed by atoms with Crippen molar-refractivity contribution in [1.82, 2.24) is 4.98 Å². The molecule has 1 heterocycles. The number of pyridine rings is 1. The number of hydrogen-bond acceptors (Lipinski definition) is 4. The fourth-order valence-electron chi connectivity index (χ4n) is 1.14. The smallest absolute Gasteiger partial charge is 0.339 e. The van der Waals surface area contributed by atoms with Gasteiger partial charge in [-0.25, -0.2) is 18.6 Å². The summed E-state index contributed by atoms with van der Waals surface area (Å²) in [5.41, 5.74) is 5.32. The molecule has 88 valence electrons. The van der Waals surface area contributed by atoms with Gasteiger partial charge in [0.1, 0.15) is 3.70 Å². The number of methoxy groups -OCH3 is 1. The quantitative estimate of drug-likeness (QED) is 0.518. The minimum Gasteiger partial charge on any atom is -0.465 e. The first kappa shape index (κ1) is 13.2. The summed E-state index contributed by atoms with van der Waals surface area (Å²) in [6.07, 6.45) is -2.69. The number of nitrogens with zero attached hydrogens (tertiary/aromatic N) is 1. The summed E-state index contributed by atoms with van der Waals surface area (Å²) in [5.74, 6) is -0.716. The van der Waals surface area contributed by atoms with Crippen LogP contribution in [0.15, 0.2) is 6.07 Å². The molecule has 7 heteroatoms. The van der Waals surface area contributed by atoms with Crippen LogP contribution in [-0.4, -0.2) is 18.1 Å². The number of nitrogens with two attached hydrogens (primary N) is 1. The number of ether oxygens (including phenoxy) is 1. The standard InChI is InChI=1S/C9H9F2IN2O2/c1-16-9(15)4-2-5(7(10)11)8(12)14-6(4)3-13/h2,7H,3,13H2,1H3. The maximum absolute atomic E-state index is 12.6. The Hall–Kier alpha value is -0.830. The predicted molar refractivity (Wildman–Crippen MR) is 61.1 cm³/mol. The van der Waals surface area contributed by atoms with E-state index in [2.05, 4.69) is 9.72 Å². The molecule has 1 rings (SSSR count). The van der Waals surface area contributed by atoms with Gasteiger partial charge in [-0.2, -0.15) is 0 Å².